The van der Waals surface area contributed by atoms with E-state index in [2.05, 4.69) is 19.1 Å². The smallest absolute Gasteiger partial charge is 0.167 e. The van der Waals surface area contributed by atoms with Crippen LogP contribution in [0.1, 0.15) is 6.92 Å². The molecule has 0 saturated heterocycles. The van der Waals surface area contributed by atoms with Crippen molar-refractivity contribution in [1.82, 2.24) is 0 Å². The molecule has 12 heavy (non-hydrogen) atoms. The van der Waals surface area contributed by atoms with Crippen molar-refractivity contribution >= 4 is 22.5 Å². The van der Waals surface area contributed by atoms with Crippen LogP contribution in [0.4, 0.5) is 0 Å². The van der Waals surface area contributed by atoms with Crippen LogP contribution in [0.3, 0.4) is 0 Å². The second-order valence-corrected chi connectivity index (χ2v) is 3.78. The lowest BCUT2D eigenvalue weighted by atomic mass is 10.2. The van der Waals surface area contributed by atoms with Gasteiger partial charge in [-0.2, -0.15) is 0 Å². The molecule has 0 aliphatic carbocycles. The van der Waals surface area contributed by atoms with Gasteiger partial charge in [-0.1, -0.05) is 36.9 Å². The van der Waals surface area contributed by atoms with Crippen LogP contribution in [0, 0.1) is 0 Å². The van der Waals surface area contributed by atoms with Gasteiger partial charge in [0.2, 0.25) is 0 Å². The molecule has 0 bridgehead atoms. The fraction of sp³-hybridized carbons (Fsp3) is 0.200. The summed E-state index contributed by atoms with van der Waals surface area (Å²) >= 11 is 1.74. The number of hydrogen-bond donors (Lipinski definition) is 0. The molecule has 0 unspecified atom stereocenters. The van der Waals surface area contributed by atoms with Gasteiger partial charge in [0.1, 0.15) is 0 Å². The van der Waals surface area contributed by atoms with Crippen LogP contribution >= 0.6 is 11.8 Å². The first-order chi connectivity index (χ1) is 5.92. The molecule has 0 spiro atoms. The lowest BCUT2D eigenvalue weighted by Crippen LogP contribution is -1.68. The highest BCUT2D eigenvalue weighted by Gasteiger charge is 2.03. The van der Waals surface area contributed by atoms with Crippen LogP contribution in [0.15, 0.2) is 40.0 Å². The van der Waals surface area contributed by atoms with Crippen molar-refractivity contribution < 1.29 is 4.42 Å². The fourth-order valence-corrected chi connectivity index (χ4v) is 1.93. The van der Waals surface area contributed by atoms with Gasteiger partial charge in [0.15, 0.2) is 5.09 Å². The molecule has 2 heteroatoms. The van der Waals surface area contributed by atoms with Crippen LogP contribution in [-0.2, 0) is 0 Å². The lowest BCUT2D eigenvalue weighted by Gasteiger charge is -1.91. The van der Waals surface area contributed by atoms with E-state index in [0.717, 1.165) is 10.8 Å². The SMILES string of the molecule is CCSc1occ2ccccc12. The first-order valence-corrected chi connectivity index (χ1v) is 4.99. The standard InChI is InChI=1S/C10H10OS/c1-2-12-10-9-6-4-3-5-8(9)7-11-10/h3-7H,2H2,1H3. The molecule has 1 heterocycles. The number of hydrogen-bond acceptors (Lipinski definition) is 2. The van der Waals surface area contributed by atoms with E-state index in [9.17, 15) is 0 Å². The zero-order chi connectivity index (χ0) is 8.39. The summed E-state index contributed by atoms with van der Waals surface area (Å²) in [5.41, 5.74) is 0. The maximum Gasteiger partial charge on any atom is 0.167 e. The number of thioether (sulfide) groups is 1. The van der Waals surface area contributed by atoms with Gasteiger partial charge in [-0.25, -0.2) is 0 Å². The third kappa shape index (κ3) is 1.23. The Labute approximate surface area is 75.8 Å². The minimum absolute atomic E-state index is 1.04. The van der Waals surface area contributed by atoms with Crippen LogP contribution in [0.25, 0.3) is 10.8 Å². The number of fused-ring (bicyclic) bond motifs is 1. The van der Waals surface area contributed by atoms with E-state index in [1.54, 1.807) is 11.8 Å². The number of rotatable bonds is 2. The molecule has 0 aliphatic heterocycles. The topological polar surface area (TPSA) is 13.1 Å². The summed E-state index contributed by atoms with van der Waals surface area (Å²) in [6.45, 7) is 2.13. The van der Waals surface area contributed by atoms with Crippen LogP contribution in [-0.4, -0.2) is 5.75 Å². The average Bonchev–Trinajstić information content (AvgIpc) is 2.50. The van der Waals surface area contributed by atoms with E-state index >= 15 is 0 Å². The Morgan fingerprint density at radius 1 is 1.33 bits per heavy atom. The van der Waals surface area contributed by atoms with E-state index in [-0.39, 0.29) is 0 Å². The van der Waals surface area contributed by atoms with E-state index in [4.69, 9.17) is 4.42 Å². The summed E-state index contributed by atoms with van der Waals surface area (Å²) in [4.78, 5) is 0. The van der Waals surface area contributed by atoms with E-state index < -0.39 is 0 Å². The predicted octanol–water partition coefficient (Wildman–Crippen LogP) is 3.54. The van der Waals surface area contributed by atoms with Crippen molar-refractivity contribution in [1.29, 1.82) is 0 Å². The van der Waals surface area contributed by atoms with Gasteiger partial charge in [-0.05, 0) is 11.8 Å². The molecule has 0 fully saturated rings. The Bertz CT molecular complexity index is 378. The Hall–Kier alpha value is -0.890. The van der Waals surface area contributed by atoms with Crippen molar-refractivity contribution in [2.75, 3.05) is 5.75 Å². The van der Waals surface area contributed by atoms with E-state index in [1.165, 1.54) is 10.8 Å². The third-order valence-electron chi connectivity index (χ3n) is 1.75. The maximum absolute atomic E-state index is 5.42. The minimum atomic E-state index is 1.04. The van der Waals surface area contributed by atoms with Gasteiger partial charge in [0.05, 0.1) is 6.26 Å². The maximum atomic E-state index is 5.42. The zero-order valence-corrected chi connectivity index (χ0v) is 7.73. The summed E-state index contributed by atoms with van der Waals surface area (Å²) in [6, 6.07) is 8.23. The summed E-state index contributed by atoms with van der Waals surface area (Å²) in [5.74, 6) is 1.05. The highest BCUT2D eigenvalue weighted by molar-refractivity contribution is 7.99. The molecule has 1 aromatic heterocycles. The Morgan fingerprint density at radius 2 is 2.17 bits per heavy atom. The summed E-state index contributed by atoms with van der Waals surface area (Å²) < 4.78 is 5.42. The first kappa shape index (κ1) is 7.74. The third-order valence-corrected chi connectivity index (χ3v) is 2.62. The molecule has 2 aromatic rings. The largest absolute Gasteiger partial charge is 0.457 e. The molecule has 0 radical (unpaired) electrons. The van der Waals surface area contributed by atoms with Crippen LogP contribution < -0.4 is 0 Å². The Morgan fingerprint density at radius 3 is 3.00 bits per heavy atom. The molecule has 2 rings (SSSR count). The van der Waals surface area contributed by atoms with Gasteiger partial charge in [-0.15, -0.1) is 0 Å². The quantitative estimate of drug-likeness (QED) is 0.652. The van der Waals surface area contributed by atoms with Gasteiger partial charge in [0.25, 0.3) is 0 Å². The Balaban J connectivity index is 2.55. The zero-order valence-electron chi connectivity index (χ0n) is 6.91. The molecular formula is C10H10OS. The molecule has 0 atom stereocenters. The summed E-state index contributed by atoms with van der Waals surface area (Å²) in [6.07, 6.45) is 1.81. The number of benzene rings is 1. The van der Waals surface area contributed by atoms with Gasteiger partial charge < -0.3 is 4.42 Å². The highest BCUT2D eigenvalue weighted by Crippen LogP contribution is 2.29. The number of furan rings is 1. The molecule has 0 N–H and O–H groups in total. The summed E-state index contributed by atoms with van der Waals surface area (Å²) in [7, 11) is 0. The second kappa shape index (κ2) is 3.23. The van der Waals surface area contributed by atoms with Crippen LogP contribution in [0.5, 0.6) is 0 Å². The molecule has 0 amide bonds. The molecule has 0 aliphatic rings. The van der Waals surface area contributed by atoms with E-state index in [1.807, 2.05) is 18.4 Å². The lowest BCUT2D eigenvalue weighted by molar-refractivity contribution is 0.481. The molecule has 0 saturated carbocycles. The minimum Gasteiger partial charge on any atom is -0.457 e. The van der Waals surface area contributed by atoms with Gasteiger partial charge in [0, 0.05) is 10.8 Å². The monoisotopic (exact) mass is 178 g/mol. The molecule has 62 valence electrons. The van der Waals surface area contributed by atoms with Crippen molar-refractivity contribution in [2.45, 2.75) is 12.0 Å². The van der Waals surface area contributed by atoms with Gasteiger partial charge >= 0.3 is 0 Å². The summed E-state index contributed by atoms with van der Waals surface area (Å²) in [5, 5.41) is 3.45. The van der Waals surface area contributed by atoms with Crippen LogP contribution in [0.2, 0.25) is 0 Å². The second-order valence-electron chi connectivity index (χ2n) is 2.54. The first-order valence-electron chi connectivity index (χ1n) is 4.01. The van der Waals surface area contributed by atoms with Gasteiger partial charge in [-0.3, -0.25) is 0 Å². The highest BCUT2D eigenvalue weighted by atomic mass is 32.2. The van der Waals surface area contributed by atoms with Crippen molar-refractivity contribution in [2.24, 2.45) is 0 Å². The molecule has 1 aromatic carbocycles. The van der Waals surface area contributed by atoms with Crippen molar-refractivity contribution in [3.8, 4) is 0 Å². The van der Waals surface area contributed by atoms with E-state index in [0.29, 0.717) is 0 Å². The van der Waals surface area contributed by atoms with Crippen molar-refractivity contribution in [3.05, 3.63) is 30.5 Å². The normalized spacial score (nSPS) is 10.8. The molecule has 1 nitrogen and oxygen atoms in total. The predicted molar refractivity (Wildman–Crippen MR) is 52.6 cm³/mol. The fourth-order valence-electron chi connectivity index (χ4n) is 1.21. The Kier molecular flexibility index (Phi) is 2.09. The van der Waals surface area contributed by atoms with Crippen molar-refractivity contribution in [3.63, 3.8) is 0 Å². The average molecular weight is 178 g/mol. The molecular weight excluding hydrogens is 168 g/mol.